The summed E-state index contributed by atoms with van der Waals surface area (Å²) in [4.78, 5) is 12.8. The molecule has 3 N–H and O–H groups in total. The molecule has 7 heteroatoms. The number of amides is 1. The Morgan fingerprint density at radius 3 is 2.50 bits per heavy atom. The van der Waals surface area contributed by atoms with Crippen LogP contribution < -0.4 is 14.6 Å². The van der Waals surface area contributed by atoms with E-state index in [4.69, 9.17) is 9.32 Å². The van der Waals surface area contributed by atoms with Crippen LogP contribution in [-0.4, -0.2) is 20.4 Å². The zero-order valence-corrected chi connectivity index (χ0v) is 23.1. The molecule has 0 spiro atoms. The molecule has 36 heavy (non-hydrogen) atoms. The molecule has 202 valence electrons. The molecule has 0 unspecified atom stereocenters. The molecule has 5 atom stereocenters. The van der Waals surface area contributed by atoms with Crippen molar-refractivity contribution in [3.8, 4) is 5.75 Å². The highest BCUT2D eigenvalue weighted by molar-refractivity contribution is 7.84. The highest BCUT2D eigenvalue weighted by Crippen LogP contribution is 2.61. The van der Waals surface area contributed by atoms with E-state index in [0.717, 1.165) is 44.9 Å². The van der Waals surface area contributed by atoms with Gasteiger partial charge < -0.3 is 9.50 Å². The molecule has 4 rings (SSSR count). The first-order valence-corrected chi connectivity index (χ1v) is 15.8. The summed E-state index contributed by atoms with van der Waals surface area (Å²) in [6.07, 6.45) is 17.2. The minimum absolute atomic E-state index is 0.171. The van der Waals surface area contributed by atoms with E-state index < -0.39 is 10.3 Å². The monoisotopic (exact) mass is 518 g/mol. The molecule has 2 fully saturated rings. The minimum atomic E-state index is -4.01. The van der Waals surface area contributed by atoms with Gasteiger partial charge in [-0.15, -0.1) is 0 Å². The summed E-state index contributed by atoms with van der Waals surface area (Å²) in [6, 6.07) is 5.93. The SMILES string of the molecule is CCCCCCCCCCC(=O)N[C@H]1CC[C@H]2[C@@H]3CCc4cc(OS(N)(=O)=O)ccc4[C@H]3CC[C@]12C. The van der Waals surface area contributed by atoms with Gasteiger partial charge in [0.25, 0.3) is 0 Å². The maximum Gasteiger partial charge on any atom is 0.380 e. The van der Waals surface area contributed by atoms with Crippen LogP contribution in [0.1, 0.15) is 121 Å². The van der Waals surface area contributed by atoms with Crippen molar-refractivity contribution in [3.63, 3.8) is 0 Å². The summed E-state index contributed by atoms with van der Waals surface area (Å²) in [5.41, 5.74) is 2.70. The highest BCUT2D eigenvalue weighted by Gasteiger charge is 2.55. The number of fused-ring (bicyclic) bond motifs is 5. The zero-order valence-electron chi connectivity index (χ0n) is 22.3. The average Bonchev–Trinajstić information content (AvgIpc) is 3.15. The van der Waals surface area contributed by atoms with Crippen molar-refractivity contribution in [3.05, 3.63) is 29.3 Å². The Hall–Kier alpha value is -1.60. The molecule has 0 bridgehead atoms. The van der Waals surface area contributed by atoms with Crippen LogP contribution in [0.25, 0.3) is 0 Å². The predicted octanol–water partition coefficient (Wildman–Crippen LogP) is 6.14. The second kappa shape index (κ2) is 11.8. The Labute approximate surface area is 218 Å². The van der Waals surface area contributed by atoms with Crippen molar-refractivity contribution in [2.75, 3.05) is 0 Å². The van der Waals surface area contributed by atoms with E-state index in [-0.39, 0.29) is 17.4 Å². The van der Waals surface area contributed by atoms with E-state index in [9.17, 15) is 13.2 Å². The number of hydrogen-bond acceptors (Lipinski definition) is 4. The standard InChI is InChI=1S/C29H46N2O4S/c1-3-4-5-6-7-8-9-10-11-28(32)31-27-17-16-26-25-14-12-21-20-22(35-36(30,33)34)13-15-23(21)24(25)18-19-29(26,27)2/h13,15,20,24-27H,3-12,14,16-19H2,1-2H3,(H,31,32)(H2,30,33,34)/t24-,25-,26+,27+,29+/m1/s1. The van der Waals surface area contributed by atoms with Gasteiger partial charge in [0.1, 0.15) is 5.75 Å². The van der Waals surface area contributed by atoms with Crippen LogP contribution in [0.5, 0.6) is 5.75 Å². The second-order valence-corrected chi connectivity index (χ2v) is 13.0. The molecule has 1 aromatic rings. The van der Waals surface area contributed by atoms with Crippen molar-refractivity contribution < 1.29 is 17.4 Å². The van der Waals surface area contributed by atoms with E-state index in [0.29, 0.717) is 29.9 Å². The molecule has 0 saturated heterocycles. The fourth-order valence-corrected chi connectivity index (χ4v) is 8.04. The normalized spacial score (nSPS) is 29.2. The molecule has 3 aliphatic carbocycles. The Bertz CT molecular complexity index is 1010. The lowest BCUT2D eigenvalue weighted by atomic mass is 9.55. The number of nitrogens with two attached hydrogens (primary N) is 1. The van der Waals surface area contributed by atoms with Gasteiger partial charge in [0.15, 0.2) is 0 Å². The van der Waals surface area contributed by atoms with Crippen LogP contribution in [0.4, 0.5) is 0 Å². The van der Waals surface area contributed by atoms with Crippen LogP contribution >= 0.6 is 0 Å². The van der Waals surface area contributed by atoms with Gasteiger partial charge in [-0.25, -0.2) is 0 Å². The van der Waals surface area contributed by atoms with Crippen molar-refractivity contribution >= 4 is 16.2 Å². The Kier molecular flexibility index (Phi) is 9.03. The number of carbonyl (C=O) groups excluding carboxylic acids is 1. The molecular formula is C29H46N2O4S. The van der Waals surface area contributed by atoms with Crippen LogP contribution in [0.2, 0.25) is 0 Å². The van der Waals surface area contributed by atoms with Crippen molar-refractivity contribution in [2.24, 2.45) is 22.4 Å². The summed E-state index contributed by atoms with van der Waals surface area (Å²) < 4.78 is 27.6. The van der Waals surface area contributed by atoms with Gasteiger partial charge in [0.05, 0.1) is 0 Å². The quantitative estimate of drug-likeness (QED) is 0.325. The van der Waals surface area contributed by atoms with E-state index in [1.807, 2.05) is 12.1 Å². The predicted molar refractivity (Wildman–Crippen MR) is 144 cm³/mol. The van der Waals surface area contributed by atoms with Crippen LogP contribution in [0.3, 0.4) is 0 Å². The number of rotatable bonds is 12. The summed E-state index contributed by atoms with van der Waals surface area (Å²) in [7, 11) is -4.01. The first kappa shape index (κ1) is 27.4. The summed E-state index contributed by atoms with van der Waals surface area (Å²) in [5.74, 6) is 2.29. The Morgan fingerprint density at radius 1 is 1.06 bits per heavy atom. The molecule has 0 heterocycles. The third-order valence-corrected chi connectivity index (χ3v) is 9.93. The molecule has 1 amide bonds. The van der Waals surface area contributed by atoms with Gasteiger partial charge in [0.2, 0.25) is 5.91 Å². The molecule has 0 aromatic heterocycles. The fourth-order valence-electron chi connectivity index (χ4n) is 7.67. The van der Waals surface area contributed by atoms with E-state index in [2.05, 4.69) is 19.2 Å². The molecule has 0 aliphatic heterocycles. The smallest absolute Gasteiger partial charge is 0.371 e. The second-order valence-electron chi connectivity index (χ2n) is 11.8. The number of unbranched alkanes of at least 4 members (excludes halogenated alkanes) is 7. The Morgan fingerprint density at radius 2 is 1.78 bits per heavy atom. The third kappa shape index (κ3) is 6.45. The van der Waals surface area contributed by atoms with Gasteiger partial charge in [0, 0.05) is 12.5 Å². The number of aryl methyl sites for hydroxylation is 1. The van der Waals surface area contributed by atoms with Crippen LogP contribution in [0.15, 0.2) is 18.2 Å². The summed E-state index contributed by atoms with van der Waals surface area (Å²) in [6.45, 7) is 4.67. The lowest BCUT2D eigenvalue weighted by molar-refractivity contribution is -0.123. The molecule has 1 aromatic carbocycles. The summed E-state index contributed by atoms with van der Waals surface area (Å²) in [5, 5.41) is 8.51. The van der Waals surface area contributed by atoms with Crippen LogP contribution in [0, 0.1) is 17.3 Å². The van der Waals surface area contributed by atoms with Gasteiger partial charge in [-0.1, -0.05) is 64.9 Å². The number of benzene rings is 1. The highest BCUT2D eigenvalue weighted by atomic mass is 32.2. The first-order chi connectivity index (χ1) is 17.2. The minimum Gasteiger partial charge on any atom is -0.371 e. The maximum atomic E-state index is 12.8. The largest absolute Gasteiger partial charge is 0.380 e. The topological polar surface area (TPSA) is 98.5 Å². The summed E-state index contributed by atoms with van der Waals surface area (Å²) >= 11 is 0. The Balaban J connectivity index is 1.29. The third-order valence-electron chi connectivity index (χ3n) is 9.50. The lowest BCUT2D eigenvalue weighted by Crippen LogP contribution is -2.50. The number of nitrogens with one attached hydrogen (secondary N) is 1. The number of carbonyl (C=O) groups is 1. The van der Waals surface area contributed by atoms with Crippen molar-refractivity contribution in [1.82, 2.24) is 5.32 Å². The fraction of sp³-hybridized carbons (Fsp3) is 0.759. The average molecular weight is 519 g/mol. The van der Waals surface area contributed by atoms with Gasteiger partial charge >= 0.3 is 10.3 Å². The number of hydrogen-bond donors (Lipinski definition) is 2. The molecular weight excluding hydrogens is 472 g/mol. The molecule has 0 radical (unpaired) electrons. The van der Waals surface area contributed by atoms with Gasteiger partial charge in [-0.05, 0) is 91.4 Å². The van der Waals surface area contributed by atoms with Gasteiger partial charge in [-0.3, -0.25) is 4.79 Å². The maximum absolute atomic E-state index is 12.8. The van der Waals surface area contributed by atoms with E-state index >= 15 is 0 Å². The van der Waals surface area contributed by atoms with E-state index in [1.165, 1.54) is 56.1 Å². The van der Waals surface area contributed by atoms with Crippen molar-refractivity contribution in [2.45, 2.75) is 122 Å². The molecule has 6 nitrogen and oxygen atoms in total. The molecule has 2 saturated carbocycles. The van der Waals surface area contributed by atoms with Crippen LogP contribution in [-0.2, 0) is 21.5 Å². The zero-order chi connectivity index (χ0) is 25.8. The first-order valence-electron chi connectivity index (χ1n) is 14.4. The van der Waals surface area contributed by atoms with Crippen molar-refractivity contribution in [1.29, 1.82) is 0 Å². The van der Waals surface area contributed by atoms with Gasteiger partial charge in [-0.2, -0.15) is 13.6 Å². The molecule has 3 aliphatic rings. The van der Waals surface area contributed by atoms with E-state index in [1.54, 1.807) is 6.07 Å². The lowest BCUT2D eigenvalue weighted by Gasteiger charge is -2.51.